The number of amides is 2. The number of hydrogen-bond donors (Lipinski definition) is 3. The molecular formula is C19H23N3O4S2. The number of hydrogen-bond acceptors (Lipinski definition) is 5. The molecule has 2 amide bonds. The maximum absolute atomic E-state index is 12.3. The number of carbonyl (C=O) groups is 2. The number of rotatable bonds is 8. The van der Waals surface area contributed by atoms with Crippen LogP contribution in [0, 0.1) is 0 Å². The largest absolute Gasteiger partial charge is 0.353 e. The molecule has 7 nitrogen and oxygen atoms in total. The van der Waals surface area contributed by atoms with E-state index in [-0.39, 0.29) is 35.0 Å². The Hall–Kier alpha value is -2.39. The first kappa shape index (κ1) is 20.3. The van der Waals surface area contributed by atoms with Gasteiger partial charge in [-0.3, -0.25) is 14.3 Å². The molecule has 0 atom stereocenters. The van der Waals surface area contributed by atoms with Crippen molar-refractivity contribution in [2.45, 2.75) is 42.4 Å². The van der Waals surface area contributed by atoms with Crippen LogP contribution in [0.3, 0.4) is 0 Å². The molecular weight excluding hydrogens is 398 g/mol. The molecule has 0 bridgehead atoms. The minimum Gasteiger partial charge on any atom is -0.353 e. The molecule has 1 aliphatic carbocycles. The van der Waals surface area contributed by atoms with Crippen molar-refractivity contribution in [3.8, 4) is 0 Å². The molecule has 1 aliphatic rings. The maximum atomic E-state index is 12.3. The standard InChI is InChI=1S/C19H23N3O4S2/c23-17(21-15-6-1-2-7-15)10-11-20-19(24)14-5-3-8-16(13-14)22-28(25,26)18-9-4-12-27-18/h3-5,8-9,12-13,15,22H,1-2,6-7,10-11H2,(H,20,24)(H,21,23). The molecule has 1 aromatic heterocycles. The number of anilines is 1. The predicted octanol–water partition coefficient (Wildman–Crippen LogP) is 2.73. The third kappa shape index (κ3) is 5.56. The lowest BCUT2D eigenvalue weighted by Crippen LogP contribution is -2.35. The van der Waals surface area contributed by atoms with Crippen LogP contribution in [0.25, 0.3) is 0 Å². The van der Waals surface area contributed by atoms with Crippen LogP contribution in [0.1, 0.15) is 42.5 Å². The van der Waals surface area contributed by atoms with Crippen LogP contribution in [-0.2, 0) is 14.8 Å². The number of nitrogens with one attached hydrogen (secondary N) is 3. The molecule has 1 saturated carbocycles. The highest BCUT2D eigenvalue weighted by atomic mass is 32.2. The number of benzene rings is 1. The van der Waals surface area contributed by atoms with E-state index in [1.807, 2.05) is 0 Å². The van der Waals surface area contributed by atoms with Crippen LogP contribution in [0.4, 0.5) is 5.69 Å². The summed E-state index contributed by atoms with van der Waals surface area (Å²) in [6.07, 6.45) is 4.55. The van der Waals surface area contributed by atoms with Gasteiger partial charge < -0.3 is 10.6 Å². The van der Waals surface area contributed by atoms with Crippen molar-refractivity contribution in [3.05, 3.63) is 47.3 Å². The number of sulfonamides is 1. The zero-order valence-corrected chi connectivity index (χ0v) is 16.9. The summed E-state index contributed by atoms with van der Waals surface area (Å²) >= 11 is 1.12. The molecule has 0 unspecified atom stereocenters. The van der Waals surface area contributed by atoms with Crippen LogP contribution in [-0.4, -0.2) is 32.8 Å². The average Bonchev–Trinajstić information content (AvgIpc) is 3.35. The molecule has 0 aliphatic heterocycles. The minimum absolute atomic E-state index is 0.0651. The smallest absolute Gasteiger partial charge is 0.271 e. The van der Waals surface area contributed by atoms with E-state index >= 15 is 0 Å². The van der Waals surface area contributed by atoms with Gasteiger partial charge >= 0.3 is 0 Å². The summed E-state index contributed by atoms with van der Waals surface area (Å²) in [6, 6.07) is 9.68. The zero-order valence-electron chi connectivity index (χ0n) is 15.3. The van der Waals surface area contributed by atoms with E-state index in [9.17, 15) is 18.0 Å². The number of thiophene rings is 1. The van der Waals surface area contributed by atoms with E-state index in [0.29, 0.717) is 11.3 Å². The summed E-state index contributed by atoms with van der Waals surface area (Å²) in [5.74, 6) is -0.421. The molecule has 3 rings (SSSR count). The lowest BCUT2D eigenvalue weighted by Gasteiger charge is -2.12. The van der Waals surface area contributed by atoms with Crippen molar-refractivity contribution >= 4 is 38.9 Å². The Labute approximate surface area is 168 Å². The first-order chi connectivity index (χ1) is 13.4. The minimum atomic E-state index is -3.67. The molecule has 0 saturated heterocycles. The third-order valence-corrected chi connectivity index (χ3v) is 7.27. The van der Waals surface area contributed by atoms with Crippen LogP contribution in [0.5, 0.6) is 0 Å². The van der Waals surface area contributed by atoms with Gasteiger partial charge in [0.1, 0.15) is 4.21 Å². The third-order valence-electron chi connectivity index (χ3n) is 4.49. The normalized spacial score (nSPS) is 14.6. The fourth-order valence-corrected chi connectivity index (χ4v) is 5.15. The molecule has 1 heterocycles. The van der Waals surface area contributed by atoms with Gasteiger partial charge in [0, 0.05) is 30.3 Å². The van der Waals surface area contributed by atoms with E-state index < -0.39 is 10.0 Å². The Morgan fingerprint density at radius 1 is 1.11 bits per heavy atom. The SMILES string of the molecule is O=C(CCNC(=O)c1cccc(NS(=O)(=O)c2cccs2)c1)NC1CCCC1. The molecule has 150 valence electrons. The van der Waals surface area contributed by atoms with Gasteiger partial charge in [-0.25, -0.2) is 8.42 Å². The Balaban J connectivity index is 1.51. The zero-order chi connectivity index (χ0) is 20.0. The molecule has 1 aromatic carbocycles. The molecule has 0 radical (unpaired) electrons. The summed E-state index contributed by atoms with van der Waals surface area (Å²) < 4.78 is 27.2. The summed E-state index contributed by atoms with van der Waals surface area (Å²) in [4.78, 5) is 24.2. The van der Waals surface area contributed by atoms with Gasteiger partial charge in [0.2, 0.25) is 5.91 Å². The molecule has 1 fully saturated rings. The van der Waals surface area contributed by atoms with Gasteiger partial charge in [0.25, 0.3) is 15.9 Å². The fraction of sp³-hybridized carbons (Fsp3) is 0.368. The fourth-order valence-electron chi connectivity index (χ4n) is 3.11. The van der Waals surface area contributed by atoms with Crippen LogP contribution >= 0.6 is 11.3 Å². The van der Waals surface area contributed by atoms with Crippen LogP contribution < -0.4 is 15.4 Å². The Bertz CT molecular complexity index is 920. The molecule has 0 spiro atoms. The van der Waals surface area contributed by atoms with E-state index in [1.165, 1.54) is 12.1 Å². The molecule has 9 heteroatoms. The second-order valence-electron chi connectivity index (χ2n) is 6.67. The highest BCUT2D eigenvalue weighted by Crippen LogP contribution is 2.21. The van der Waals surface area contributed by atoms with Gasteiger partial charge in [-0.05, 0) is 42.5 Å². The Morgan fingerprint density at radius 3 is 2.61 bits per heavy atom. The van der Waals surface area contributed by atoms with Crippen LogP contribution in [0.2, 0.25) is 0 Å². The van der Waals surface area contributed by atoms with Gasteiger partial charge in [-0.15, -0.1) is 11.3 Å². The van der Waals surface area contributed by atoms with Gasteiger partial charge in [-0.1, -0.05) is 25.0 Å². The Kier molecular flexibility index (Phi) is 6.69. The topological polar surface area (TPSA) is 104 Å². The maximum Gasteiger partial charge on any atom is 0.271 e. The number of carbonyl (C=O) groups excluding carboxylic acids is 2. The van der Waals surface area contributed by atoms with E-state index in [4.69, 9.17) is 0 Å². The summed E-state index contributed by atoms with van der Waals surface area (Å²) in [5, 5.41) is 7.35. The first-order valence-corrected chi connectivity index (χ1v) is 11.5. The van der Waals surface area contributed by atoms with Crippen molar-refractivity contribution < 1.29 is 18.0 Å². The molecule has 3 N–H and O–H groups in total. The van der Waals surface area contributed by atoms with E-state index in [1.54, 1.807) is 29.6 Å². The summed E-state index contributed by atoms with van der Waals surface area (Å²) in [5.41, 5.74) is 0.627. The molecule has 28 heavy (non-hydrogen) atoms. The van der Waals surface area contributed by atoms with Crippen molar-refractivity contribution in [2.24, 2.45) is 0 Å². The van der Waals surface area contributed by atoms with Crippen molar-refractivity contribution in [1.82, 2.24) is 10.6 Å². The molecule has 2 aromatic rings. The van der Waals surface area contributed by atoms with Gasteiger partial charge in [-0.2, -0.15) is 0 Å². The second kappa shape index (κ2) is 9.20. The summed E-state index contributed by atoms with van der Waals surface area (Å²) in [7, 11) is -3.67. The van der Waals surface area contributed by atoms with Crippen molar-refractivity contribution in [1.29, 1.82) is 0 Å². The monoisotopic (exact) mass is 421 g/mol. The quantitative estimate of drug-likeness (QED) is 0.609. The predicted molar refractivity (Wildman–Crippen MR) is 109 cm³/mol. The Morgan fingerprint density at radius 2 is 1.89 bits per heavy atom. The first-order valence-electron chi connectivity index (χ1n) is 9.18. The lowest BCUT2D eigenvalue weighted by atomic mass is 10.2. The highest BCUT2D eigenvalue weighted by molar-refractivity contribution is 7.94. The van der Waals surface area contributed by atoms with Crippen molar-refractivity contribution in [2.75, 3.05) is 11.3 Å². The lowest BCUT2D eigenvalue weighted by molar-refractivity contribution is -0.121. The average molecular weight is 422 g/mol. The van der Waals surface area contributed by atoms with E-state index in [0.717, 1.165) is 37.0 Å². The second-order valence-corrected chi connectivity index (χ2v) is 9.53. The van der Waals surface area contributed by atoms with Crippen molar-refractivity contribution in [3.63, 3.8) is 0 Å². The van der Waals surface area contributed by atoms with E-state index in [2.05, 4.69) is 15.4 Å². The van der Waals surface area contributed by atoms with Gasteiger partial charge in [0.05, 0.1) is 0 Å². The van der Waals surface area contributed by atoms with Crippen LogP contribution in [0.15, 0.2) is 46.0 Å². The summed E-state index contributed by atoms with van der Waals surface area (Å²) in [6.45, 7) is 0.225. The highest BCUT2D eigenvalue weighted by Gasteiger charge is 2.18. The van der Waals surface area contributed by atoms with Gasteiger partial charge in [0.15, 0.2) is 0 Å².